The van der Waals surface area contributed by atoms with Crippen LogP contribution < -0.4 is 0 Å². The molecule has 5 rings (SSSR count). The summed E-state index contributed by atoms with van der Waals surface area (Å²) < 4.78 is 11.7. The number of carbonyl (C=O) groups excluding carboxylic acids is 3. The maximum Gasteiger partial charge on any atom is 0.302 e. The van der Waals surface area contributed by atoms with Crippen molar-refractivity contribution in [2.75, 3.05) is 6.54 Å². The normalized spacial score (nSPS) is 42.2. The fourth-order valence-electron chi connectivity index (χ4n) is 9.93. The van der Waals surface area contributed by atoms with Gasteiger partial charge in [-0.15, -0.1) is 0 Å². The van der Waals surface area contributed by atoms with Crippen molar-refractivity contribution in [3.05, 3.63) is 23.3 Å². The molecule has 0 N–H and O–H groups in total. The van der Waals surface area contributed by atoms with Gasteiger partial charge in [-0.05, 0) is 79.4 Å². The molecule has 216 valence electrons. The van der Waals surface area contributed by atoms with Gasteiger partial charge in [0, 0.05) is 45.7 Å². The van der Waals surface area contributed by atoms with Gasteiger partial charge < -0.3 is 14.4 Å². The van der Waals surface area contributed by atoms with Crippen LogP contribution in [0.25, 0.3) is 0 Å². The standard InChI is InChI=1S/C33H49NO5/c1-19-8-11-29(34(18-19)21(3)35)20(2)31-30(39-23(5)37)17-28-26-10-9-24-16-25(38-22(4)36)12-14-32(24,6)27(26)13-15-33(28,31)7/h9-10,19-20,25,27-31H,8,11-18H2,1-7H3. The van der Waals surface area contributed by atoms with Gasteiger partial charge in [0.1, 0.15) is 12.2 Å². The Labute approximate surface area is 234 Å². The quantitative estimate of drug-likeness (QED) is 0.395. The third-order valence-corrected chi connectivity index (χ3v) is 11.7. The molecule has 0 aromatic rings. The van der Waals surface area contributed by atoms with Crippen molar-refractivity contribution in [1.82, 2.24) is 4.90 Å². The average Bonchev–Trinajstić information content (AvgIpc) is 3.14. The summed E-state index contributed by atoms with van der Waals surface area (Å²) in [5, 5.41) is 0. The molecule has 4 fully saturated rings. The maximum absolute atomic E-state index is 12.7. The smallest absolute Gasteiger partial charge is 0.302 e. The number of rotatable bonds is 4. The molecular formula is C33H49NO5. The first-order valence-corrected chi connectivity index (χ1v) is 15.4. The van der Waals surface area contributed by atoms with E-state index in [-0.39, 0.29) is 58.8 Å². The fraction of sp³-hybridized carbons (Fsp3) is 0.788. The summed E-state index contributed by atoms with van der Waals surface area (Å²) in [6.45, 7) is 15.0. The highest BCUT2D eigenvalue weighted by atomic mass is 16.5. The summed E-state index contributed by atoms with van der Waals surface area (Å²) in [4.78, 5) is 38.8. The van der Waals surface area contributed by atoms with Crippen LogP contribution in [0.15, 0.2) is 23.3 Å². The second-order valence-corrected chi connectivity index (χ2v) is 14.1. The molecule has 1 heterocycles. The van der Waals surface area contributed by atoms with E-state index in [1.54, 1.807) is 6.92 Å². The molecule has 3 saturated carbocycles. The number of fused-ring (bicyclic) bond motifs is 5. The number of hydrogen-bond donors (Lipinski definition) is 0. The molecule has 6 heteroatoms. The van der Waals surface area contributed by atoms with Crippen LogP contribution in [0.3, 0.4) is 0 Å². The van der Waals surface area contributed by atoms with Crippen molar-refractivity contribution in [3.8, 4) is 0 Å². The van der Waals surface area contributed by atoms with Gasteiger partial charge in [-0.25, -0.2) is 0 Å². The Kier molecular flexibility index (Phi) is 7.56. The number of hydrogen-bond acceptors (Lipinski definition) is 5. The minimum atomic E-state index is -0.202. The lowest BCUT2D eigenvalue weighted by molar-refractivity contribution is -0.153. The molecule has 1 amide bonds. The van der Waals surface area contributed by atoms with Gasteiger partial charge in [0.25, 0.3) is 0 Å². The van der Waals surface area contributed by atoms with Crippen molar-refractivity contribution >= 4 is 17.8 Å². The van der Waals surface area contributed by atoms with E-state index < -0.39 is 0 Å². The first-order valence-electron chi connectivity index (χ1n) is 15.4. The number of likely N-dealkylation sites (tertiary alicyclic amines) is 1. The van der Waals surface area contributed by atoms with Gasteiger partial charge in [0.05, 0.1) is 0 Å². The second kappa shape index (κ2) is 10.4. The Balaban J connectivity index is 1.47. The van der Waals surface area contributed by atoms with E-state index in [4.69, 9.17) is 9.47 Å². The predicted octanol–water partition coefficient (Wildman–Crippen LogP) is 6.24. The molecular weight excluding hydrogens is 490 g/mol. The summed E-state index contributed by atoms with van der Waals surface area (Å²) in [5.74, 6) is 1.60. The average molecular weight is 540 g/mol. The minimum absolute atomic E-state index is 0.0156. The zero-order valence-electron chi connectivity index (χ0n) is 25.1. The van der Waals surface area contributed by atoms with Crippen LogP contribution in [0, 0.1) is 40.4 Å². The van der Waals surface area contributed by atoms with Crippen molar-refractivity contribution < 1.29 is 23.9 Å². The molecule has 0 radical (unpaired) electrons. The van der Waals surface area contributed by atoms with Gasteiger partial charge in [-0.3, -0.25) is 14.4 Å². The van der Waals surface area contributed by atoms with Crippen LogP contribution in [0.4, 0.5) is 0 Å². The summed E-state index contributed by atoms with van der Waals surface area (Å²) in [5.41, 5.74) is 3.07. The maximum atomic E-state index is 12.7. The Morgan fingerprint density at radius 3 is 2.33 bits per heavy atom. The Hall–Kier alpha value is -2.11. The lowest BCUT2D eigenvalue weighted by atomic mass is 9.49. The van der Waals surface area contributed by atoms with E-state index in [1.807, 2.05) is 0 Å². The van der Waals surface area contributed by atoms with E-state index in [9.17, 15) is 14.4 Å². The van der Waals surface area contributed by atoms with E-state index in [1.165, 1.54) is 25.0 Å². The molecule has 10 atom stereocenters. The number of amides is 1. The molecule has 39 heavy (non-hydrogen) atoms. The van der Waals surface area contributed by atoms with E-state index in [0.29, 0.717) is 17.8 Å². The lowest BCUT2D eigenvalue weighted by Crippen LogP contribution is -2.54. The molecule has 5 aliphatic rings. The highest BCUT2D eigenvalue weighted by Gasteiger charge is 2.62. The first-order chi connectivity index (χ1) is 18.3. The Morgan fingerprint density at radius 2 is 1.67 bits per heavy atom. The third-order valence-electron chi connectivity index (χ3n) is 11.7. The van der Waals surface area contributed by atoms with Crippen LogP contribution in [-0.4, -0.2) is 47.5 Å². The third kappa shape index (κ3) is 4.88. The van der Waals surface area contributed by atoms with Gasteiger partial charge in [-0.2, -0.15) is 0 Å². The van der Waals surface area contributed by atoms with Gasteiger partial charge in [0.15, 0.2) is 0 Å². The van der Waals surface area contributed by atoms with Crippen LogP contribution >= 0.6 is 0 Å². The van der Waals surface area contributed by atoms with Crippen molar-refractivity contribution in [3.63, 3.8) is 0 Å². The molecule has 10 unspecified atom stereocenters. The second-order valence-electron chi connectivity index (χ2n) is 14.1. The first kappa shape index (κ1) is 28.4. The Bertz CT molecular complexity index is 1080. The van der Waals surface area contributed by atoms with Crippen LogP contribution in [0.5, 0.6) is 0 Å². The molecule has 0 aromatic heterocycles. The number of nitrogens with zero attached hydrogens (tertiary/aromatic N) is 1. The number of esters is 2. The molecule has 0 aromatic carbocycles. The van der Waals surface area contributed by atoms with E-state index in [0.717, 1.165) is 57.9 Å². The van der Waals surface area contributed by atoms with Crippen LogP contribution in [0.1, 0.15) is 99.8 Å². The van der Waals surface area contributed by atoms with Crippen molar-refractivity contribution in [2.24, 2.45) is 40.4 Å². The summed E-state index contributed by atoms with van der Waals surface area (Å²) in [6, 6.07) is 0.191. The number of ether oxygens (including phenoxy) is 2. The fourth-order valence-corrected chi connectivity index (χ4v) is 9.93. The van der Waals surface area contributed by atoms with Crippen LogP contribution in [-0.2, 0) is 23.9 Å². The van der Waals surface area contributed by atoms with Gasteiger partial charge in [0.2, 0.25) is 5.91 Å². The van der Waals surface area contributed by atoms with Gasteiger partial charge in [-0.1, -0.05) is 51.0 Å². The van der Waals surface area contributed by atoms with E-state index in [2.05, 4.69) is 44.7 Å². The summed E-state index contributed by atoms with van der Waals surface area (Å²) in [7, 11) is 0. The monoisotopic (exact) mass is 539 g/mol. The van der Waals surface area contributed by atoms with E-state index >= 15 is 0 Å². The molecule has 1 saturated heterocycles. The highest BCUT2D eigenvalue weighted by molar-refractivity contribution is 5.73. The Morgan fingerprint density at radius 1 is 0.949 bits per heavy atom. The zero-order chi connectivity index (χ0) is 28.3. The number of allylic oxidation sites excluding steroid dienone is 3. The zero-order valence-corrected chi connectivity index (χ0v) is 25.1. The van der Waals surface area contributed by atoms with Crippen LogP contribution in [0.2, 0.25) is 0 Å². The molecule has 0 bridgehead atoms. The molecule has 0 spiro atoms. The van der Waals surface area contributed by atoms with Crippen molar-refractivity contribution in [1.29, 1.82) is 0 Å². The minimum Gasteiger partial charge on any atom is -0.462 e. The lowest BCUT2D eigenvalue weighted by Gasteiger charge is -2.56. The van der Waals surface area contributed by atoms with Gasteiger partial charge >= 0.3 is 11.9 Å². The topological polar surface area (TPSA) is 72.9 Å². The summed E-state index contributed by atoms with van der Waals surface area (Å²) in [6.07, 6.45) is 12.6. The summed E-state index contributed by atoms with van der Waals surface area (Å²) >= 11 is 0. The predicted molar refractivity (Wildman–Crippen MR) is 150 cm³/mol. The molecule has 4 aliphatic carbocycles. The number of piperidine rings is 1. The highest BCUT2D eigenvalue weighted by Crippen LogP contribution is 2.67. The molecule has 1 aliphatic heterocycles. The molecule has 6 nitrogen and oxygen atoms in total. The SMILES string of the molecule is CC(=O)OC1CCC2(C)C(=CC=C3C2CCC2(C)C3CC(OC(C)=O)C2C(C)C2CCC(C)CN2C(C)=O)C1. The van der Waals surface area contributed by atoms with Crippen molar-refractivity contribution in [2.45, 2.75) is 118 Å². The number of carbonyl (C=O) groups is 3. The largest absolute Gasteiger partial charge is 0.462 e.